The van der Waals surface area contributed by atoms with Crippen molar-refractivity contribution in [2.24, 2.45) is 0 Å². The Kier molecular flexibility index (Phi) is 10.7. The first-order valence-corrected chi connectivity index (χ1v) is 15.9. The number of likely N-dealkylation sites (N-methyl/N-ethyl adjacent to an activating group) is 1. The molecule has 4 aromatic carbocycles. The van der Waals surface area contributed by atoms with Gasteiger partial charge in [-0.05, 0) is 54.4 Å². The normalized spacial score (nSPS) is 11.9. The van der Waals surface area contributed by atoms with Crippen molar-refractivity contribution < 1.29 is 18.0 Å². The number of carbonyl (C=O) groups is 2. The van der Waals surface area contributed by atoms with Crippen LogP contribution >= 0.6 is 34.8 Å². The van der Waals surface area contributed by atoms with Crippen molar-refractivity contribution in [2.75, 3.05) is 17.9 Å². The molecule has 0 heterocycles. The molecule has 0 aliphatic carbocycles. The van der Waals surface area contributed by atoms with Gasteiger partial charge in [-0.1, -0.05) is 95.5 Å². The maximum absolute atomic E-state index is 14.4. The second-order valence-corrected chi connectivity index (χ2v) is 12.8. The Morgan fingerprint density at radius 3 is 1.95 bits per heavy atom. The third kappa shape index (κ3) is 7.51. The summed E-state index contributed by atoms with van der Waals surface area (Å²) in [6.07, 6.45) is 0.163. The number of anilines is 1. The number of nitrogens with zero attached hydrogens (tertiary/aromatic N) is 2. The summed E-state index contributed by atoms with van der Waals surface area (Å²) in [4.78, 5) is 29.1. The molecule has 4 rings (SSSR count). The van der Waals surface area contributed by atoms with Crippen molar-refractivity contribution in [1.29, 1.82) is 0 Å². The van der Waals surface area contributed by atoms with Crippen LogP contribution in [0.3, 0.4) is 0 Å². The Labute approximate surface area is 267 Å². The predicted octanol–water partition coefficient (Wildman–Crippen LogP) is 6.54. The Balaban J connectivity index is 1.85. The van der Waals surface area contributed by atoms with E-state index in [-0.39, 0.29) is 23.5 Å². The topological polar surface area (TPSA) is 86.8 Å². The fraction of sp³-hybridized carbons (Fsp3) is 0.188. The highest BCUT2D eigenvalue weighted by molar-refractivity contribution is 7.92. The monoisotopic (exact) mass is 657 g/mol. The van der Waals surface area contributed by atoms with Gasteiger partial charge in [-0.15, -0.1) is 0 Å². The highest BCUT2D eigenvalue weighted by Crippen LogP contribution is 2.32. The van der Waals surface area contributed by atoms with Gasteiger partial charge < -0.3 is 10.2 Å². The summed E-state index contributed by atoms with van der Waals surface area (Å²) in [5, 5.41) is 3.59. The van der Waals surface area contributed by atoms with E-state index in [0.29, 0.717) is 26.2 Å². The van der Waals surface area contributed by atoms with Crippen molar-refractivity contribution in [3.05, 3.63) is 129 Å². The number of rotatable bonds is 11. The van der Waals surface area contributed by atoms with E-state index in [4.69, 9.17) is 34.8 Å². The van der Waals surface area contributed by atoms with Crippen LogP contribution < -0.4 is 9.62 Å². The van der Waals surface area contributed by atoms with Crippen LogP contribution in [-0.4, -0.2) is 44.8 Å². The van der Waals surface area contributed by atoms with E-state index in [2.05, 4.69) is 5.32 Å². The van der Waals surface area contributed by atoms with Crippen LogP contribution in [0.4, 0.5) is 5.69 Å². The van der Waals surface area contributed by atoms with Gasteiger partial charge in [0.15, 0.2) is 0 Å². The van der Waals surface area contributed by atoms with E-state index < -0.39 is 34.4 Å². The molecule has 0 bridgehead atoms. The molecule has 0 aliphatic rings. The number of nitrogens with one attached hydrogen (secondary N) is 1. The lowest BCUT2D eigenvalue weighted by Crippen LogP contribution is -2.53. The molecular weight excluding hydrogens is 629 g/mol. The first kappa shape index (κ1) is 32.4. The summed E-state index contributed by atoms with van der Waals surface area (Å²) < 4.78 is 29.1. The van der Waals surface area contributed by atoms with Crippen LogP contribution in [0, 0.1) is 6.92 Å². The summed E-state index contributed by atoms with van der Waals surface area (Å²) in [5.74, 6) is -1.07. The smallest absolute Gasteiger partial charge is 0.264 e. The molecule has 0 radical (unpaired) electrons. The number of sulfonamides is 1. The fourth-order valence-corrected chi connectivity index (χ4v) is 6.85. The van der Waals surface area contributed by atoms with E-state index in [0.717, 1.165) is 9.87 Å². The number of halogens is 3. The summed E-state index contributed by atoms with van der Waals surface area (Å²) >= 11 is 19.4. The molecule has 7 nitrogen and oxygen atoms in total. The largest absolute Gasteiger partial charge is 0.357 e. The molecule has 0 aliphatic heterocycles. The zero-order valence-corrected chi connectivity index (χ0v) is 26.6. The van der Waals surface area contributed by atoms with E-state index in [1.807, 2.05) is 30.3 Å². The Morgan fingerprint density at radius 2 is 1.35 bits per heavy atom. The lowest BCUT2D eigenvalue weighted by molar-refractivity contribution is -0.139. The Bertz CT molecular complexity index is 1680. The second-order valence-electron chi connectivity index (χ2n) is 9.75. The Morgan fingerprint density at radius 1 is 0.791 bits per heavy atom. The van der Waals surface area contributed by atoms with Gasteiger partial charge >= 0.3 is 0 Å². The minimum Gasteiger partial charge on any atom is -0.357 e. The molecular formula is C32H30Cl3N3O4S. The molecule has 43 heavy (non-hydrogen) atoms. The SMILES string of the molecule is CNC(=O)[C@H](Cc1ccccc1)N(Cc1c(Cl)cccc1Cl)C(=O)CN(c1cccc(Cl)c1C)S(=O)(=O)c1ccccc1. The van der Waals surface area contributed by atoms with E-state index in [1.165, 1.54) is 24.1 Å². The van der Waals surface area contributed by atoms with Gasteiger partial charge in [0, 0.05) is 40.6 Å². The quantitative estimate of drug-likeness (QED) is 0.198. The molecule has 11 heteroatoms. The number of benzene rings is 4. The van der Waals surface area contributed by atoms with Gasteiger partial charge in [0.05, 0.1) is 10.6 Å². The van der Waals surface area contributed by atoms with Crippen molar-refractivity contribution >= 4 is 62.3 Å². The van der Waals surface area contributed by atoms with E-state index in [9.17, 15) is 18.0 Å². The first-order valence-electron chi connectivity index (χ1n) is 13.4. The number of hydrogen-bond donors (Lipinski definition) is 1. The van der Waals surface area contributed by atoms with E-state index >= 15 is 0 Å². The minimum absolute atomic E-state index is 0.00462. The molecule has 1 atom stereocenters. The molecule has 1 N–H and O–H groups in total. The van der Waals surface area contributed by atoms with Gasteiger partial charge in [-0.2, -0.15) is 0 Å². The molecule has 0 saturated carbocycles. The van der Waals surface area contributed by atoms with E-state index in [1.54, 1.807) is 61.5 Å². The highest BCUT2D eigenvalue weighted by atomic mass is 35.5. The van der Waals surface area contributed by atoms with Gasteiger partial charge in [0.2, 0.25) is 11.8 Å². The summed E-state index contributed by atoms with van der Waals surface area (Å²) in [6, 6.07) is 25.8. The van der Waals surface area contributed by atoms with Crippen molar-refractivity contribution in [1.82, 2.24) is 10.2 Å². The molecule has 4 aromatic rings. The molecule has 0 aromatic heterocycles. The molecule has 0 unspecified atom stereocenters. The molecule has 0 saturated heterocycles. The predicted molar refractivity (Wildman–Crippen MR) is 172 cm³/mol. The average molecular weight is 659 g/mol. The summed E-state index contributed by atoms with van der Waals surface area (Å²) in [6.45, 7) is 0.915. The zero-order chi connectivity index (χ0) is 31.1. The highest BCUT2D eigenvalue weighted by Gasteiger charge is 2.35. The molecule has 0 spiro atoms. The number of hydrogen-bond acceptors (Lipinski definition) is 4. The van der Waals surface area contributed by atoms with Crippen LogP contribution in [0.25, 0.3) is 0 Å². The third-order valence-electron chi connectivity index (χ3n) is 7.03. The lowest BCUT2D eigenvalue weighted by atomic mass is 10.0. The minimum atomic E-state index is -4.25. The fourth-order valence-electron chi connectivity index (χ4n) is 4.67. The van der Waals surface area contributed by atoms with Crippen LogP contribution in [0.15, 0.2) is 102 Å². The van der Waals surface area contributed by atoms with Crippen LogP contribution in [0.1, 0.15) is 16.7 Å². The van der Waals surface area contributed by atoms with Crippen LogP contribution in [0.5, 0.6) is 0 Å². The van der Waals surface area contributed by atoms with Gasteiger partial charge in [-0.3, -0.25) is 13.9 Å². The third-order valence-corrected chi connectivity index (χ3v) is 9.92. The average Bonchev–Trinajstić information content (AvgIpc) is 3.01. The lowest BCUT2D eigenvalue weighted by Gasteiger charge is -2.34. The maximum Gasteiger partial charge on any atom is 0.264 e. The van der Waals surface area contributed by atoms with Crippen molar-refractivity contribution in [3.8, 4) is 0 Å². The van der Waals surface area contributed by atoms with Crippen molar-refractivity contribution in [3.63, 3.8) is 0 Å². The summed E-state index contributed by atoms with van der Waals surface area (Å²) in [5.41, 5.74) is 1.94. The van der Waals surface area contributed by atoms with Gasteiger partial charge in [0.1, 0.15) is 12.6 Å². The van der Waals surface area contributed by atoms with Crippen LogP contribution in [-0.2, 0) is 32.6 Å². The van der Waals surface area contributed by atoms with Crippen LogP contribution in [0.2, 0.25) is 15.1 Å². The van der Waals surface area contributed by atoms with Gasteiger partial charge in [0.25, 0.3) is 10.0 Å². The zero-order valence-electron chi connectivity index (χ0n) is 23.5. The van der Waals surface area contributed by atoms with Gasteiger partial charge in [-0.25, -0.2) is 8.42 Å². The van der Waals surface area contributed by atoms with Crippen molar-refractivity contribution in [2.45, 2.75) is 30.8 Å². The standard InChI is InChI=1S/C32H30Cl3N3O4S/c1-22-26(33)15-10-18-29(22)38(43(41,42)24-13-7-4-8-14-24)21-31(39)37(20-25-27(34)16-9-17-28(25)35)30(32(40)36-2)19-23-11-5-3-6-12-23/h3-18,30H,19-21H2,1-2H3,(H,36,40)/t30-/m0/s1. The maximum atomic E-state index is 14.4. The Hall–Kier alpha value is -3.56. The molecule has 224 valence electrons. The molecule has 0 fully saturated rings. The summed E-state index contributed by atoms with van der Waals surface area (Å²) in [7, 11) is -2.77. The first-order chi connectivity index (χ1) is 20.5. The number of amides is 2. The molecule has 2 amide bonds. The number of carbonyl (C=O) groups excluding carboxylic acids is 2. The second kappa shape index (κ2) is 14.3.